The number of hydrogen-bond donors (Lipinski definition) is 2. The van der Waals surface area contributed by atoms with E-state index in [9.17, 15) is 0 Å². The van der Waals surface area contributed by atoms with Crippen molar-refractivity contribution in [1.29, 1.82) is 0 Å². The summed E-state index contributed by atoms with van der Waals surface area (Å²) in [5.41, 5.74) is 6.06. The highest BCUT2D eigenvalue weighted by Gasteiger charge is 2.39. The van der Waals surface area contributed by atoms with Crippen LogP contribution in [0, 0.1) is 0 Å². The standard InChI is InChI=1S/C11H25N3/c1-5-9(2)13-11(7-12)6-10(3)14(4)8-11/h9-10,13H,5-8,12H2,1-4H3. The van der Waals surface area contributed by atoms with E-state index in [1.807, 2.05) is 0 Å². The monoisotopic (exact) mass is 199 g/mol. The van der Waals surface area contributed by atoms with Gasteiger partial charge < -0.3 is 16.0 Å². The van der Waals surface area contributed by atoms with Gasteiger partial charge >= 0.3 is 0 Å². The summed E-state index contributed by atoms with van der Waals surface area (Å²) in [6, 6.07) is 1.22. The van der Waals surface area contributed by atoms with Gasteiger partial charge in [0, 0.05) is 30.7 Å². The Morgan fingerprint density at radius 3 is 2.64 bits per heavy atom. The Bertz CT molecular complexity index is 171. The topological polar surface area (TPSA) is 41.3 Å². The first-order chi connectivity index (χ1) is 6.53. The van der Waals surface area contributed by atoms with Gasteiger partial charge in [-0.15, -0.1) is 0 Å². The Labute approximate surface area is 88.0 Å². The average Bonchev–Trinajstić information content (AvgIpc) is 2.43. The summed E-state index contributed by atoms with van der Waals surface area (Å²) in [5, 5.41) is 3.69. The van der Waals surface area contributed by atoms with E-state index >= 15 is 0 Å². The zero-order valence-electron chi connectivity index (χ0n) is 10.0. The maximum Gasteiger partial charge on any atom is 0.0449 e. The van der Waals surface area contributed by atoms with Crippen molar-refractivity contribution < 1.29 is 0 Å². The summed E-state index contributed by atoms with van der Waals surface area (Å²) in [6.45, 7) is 8.54. The second-order valence-electron chi connectivity index (χ2n) is 4.91. The van der Waals surface area contributed by atoms with E-state index in [-0.39, 0.29) is 5.54 Å². The molecule has 0 radical (unpaired) electrons. The van der Waals surface area contributed by atoms with E-state index in [1.54, 1.807) is 0 Å². The lowest BCUT2D eigenvalue weighted by molar-refractivity contribution is 0.281. The maximum atomic E-state index is 5.91. The zero-order chi connectivity index (χ0) is 10.8. The molecule has 3 atom stereocenters. The fourth-order valence-corrected chi connectivity index (χ4v) is 2.36. The molecule has 0 aliphatic carbocycles. The molecule has 0 bridgehead atoms. The van der Waals surface area contributed by atoms with Crippen LogP contribution in [0.25, 0.3) is 0 Å². The molecule has 3 heteroatoms. The van der Waals surface area contributed by atoms with Crippen molar-refractivity contribution in [2.45, 2.75) is 51.2 Å². The molecule has 84 valence electrons. The van der Waals surface area contributed by atoms with Crippen LogP contribution in [0.3, 0.4) is 0 Å². The summed E-state index contributed by atoms with van der Waals surface area (Å²) in [4.78, 5) is 2.39. The molecule has 0 saturated carbocycles. The van der Waals surface area contributed by atoms with Crippen molar-refractivity contribution in [3.63, 3.8) is 0 Å². The van der Waals surface area contributed by atoms with Crippen molar-refractivity contribution in [3.05, 3.63) is 0 Å². The van der Waals surface area contributed by atoms with Gasteiger partial charge in [-0.25, -0.2) is 0 Å². The second kappa shape index (κ2) is 4.60. The highest BCUT2D eigenvalue weighted by Crippen LogP contribution is 2.25. The SMILES string of the molecule is CCC(C)NC1(CN)CC(C)N(C)C1. The number of hydrogen-bond acceptors (Lipinski definition) is 3. The quantitative estimate of drug-likeness (QED) is 0.703. The fourth-order valence-electron chi connectivity index (χ4n) is 2.36. The van der Waals surface area contributed by atoms with Gasteiger partial charge in [0.25, 0.3) is 0 Å². The lowest BCUT2D eigenvalue weighted by Crippen LogP contribution is -2.55. The molecular formula is C11H25N3. The van der Waals surface area contributed by atoms with Crippen LogP contribution in [-0.2, 0) is 0 Å². The first-order valence-electron chi connectivity index (χ1n) is 5.71. The molecule has 3 unspecified atom stereocenters. The normalized spacial score (nSPS) is 36.2. The highest BCUT2D eigenvalue weighted by molar-refractivity contribution is 5.01. The number of nitrogens with two attached hydrogens (primary N) is 1. The summed E-state index contributed by atoms with van der Waals surface area (Å²) < 4.78 is 0. The molecule has 0 aromatic rings. The van der Waals surface area contributed by atoms with Gasteiger partial charge in [0.1, 0.15) is 0 Å². The van der Waals surface area contributed by atoms with Gasteiger partial charge in [0.15, 0.2) is 0 Å². The van der Waals surface area contributed by atoms with Gasteiger partial charge in [0.05, 0.1) is 0 Å². The zero-order valence-corrected chi connectivity index (χ0v) is 10.0. The minimum Gasteiger partial charge on any atom is -0.329 e. The van der Waals surface area contributed by atoms with Crippen molar-refractivity contribution in [1.82, 2.24) is 10.2 Å². The Morgan fingerprint density at radius 1 is 1.64 bits per heavy atom. The summed E-state index contributed by atoms with van der Waals surface area (Å²) >= 11 is 0. The van der Waals surface area contributed by atoms with Gasteiger partial charge in [-0.2, -0.15) is 0 Å². The lowest BCUT2D eigenvalue weighted by Gasteiger charge is -2.32. The van der Waals surface area contributed by atoms with Gasteiger partial charge in [-0.3, -0.25) is 0 Å². The minimum absolute atomic E-state index is 0.156. The lowest BCUT2D eigenvalue weighted by atomic mass is 9.95. The Balaban J connectivity index is 2.60. The van der Waals surface area contributed by atoms with Crippen LogP contribution in [0.5, 0.6) is 0 Å². The molecule has 0 spiro atoms. The van der Waals surface area contributed by atoms with Crippen molar-refractivity contribution in [2.24, 2.45) is 5.73 Å². The predicted octanol–water partition coefficient (Wildman–Crippen LogP) is 0.796. The third kappa shape index (κ3) is 2.47. The van der Waals surface area contributed by atoms with Crippen molar-refractivity contribution >= 4 is 0 Å². The molecule has 14 heavy (non-hydrogen) atoms. The van der Waals surface area contributed by atoms with Gasteiger partial charge in [-0.1, -0.05) is 6.92 Å². The Hall–Kier alpha value is -0.120. The van der Waals surface area contributed by atoms with Crippen LogP contribution < -0.4 is 11.1 Å². The molecule has 1 heterocycles. The summed E-state index contributed by atoms with van der Waals surface area (Å²) in [7, 11) is 2.18. The molecule has 1 saturated heterocycles. The van der Waals surface area contributed by atoms with Gasteiger partial charge in [-0.05, 0) is 33.7 Å². The molecule has 1 rings (SSSR count). The molecule has 1 aliphatic heterocycles. The first kappa shape index (κ1) is 12.0. The number of nitrogens with one attached hydrogen (secondary N) is 1. The third-order valence-electron chi connectivity index (χ3n) is 3.55. The van der Waals surface area contributed by atoms with Crippen LogP contribution in [0.1, 0.15) is 33.6 Å². The smallest absolute Gasteiger partial charge is 0.0449 e. The molecule has 1 fully saturated rings. The van der Waals surface area contributed by atoms with Gasteiger partial charge in [0.2, 0.25) is 0 Å². The van der Waals surface area contributed by atoms with Crippen LogP contribution >= 0.6 is 0 Å². The molecule has 3 N–H and O–H groups in total. The van der Waals surface area contributed by atoms with Crippen LogP contribution in [0.15, 0.2) is 0 Å². The molecule has 1 aliphatic rings. The van der Waals surface area contributed by atoms with Crippen LogP contribution in [0.4, 0.5) is 0 Å². The van der Waals surface area contributed by atoms with E-state index in [0.29, 0.717) is 12.1 Å². The number of likely N-dealkylation sites (tertiary alicyclic amines) is 1. The highest BCUT2D eigenvalue weighted by atomic mass is 15.2. The predicted molar refractivity (Wildman–Crippen MR) is 61.4 cm³/mol. The van der Waals surface area contributed by atoms with E-state index < -0.39 is 0 Å². The second-order valence-corrected chi connectivity index (χ2v) is 4.91. The van der Waals surface area contributed by atoms with E-state index in [1.165, 1.54) is 12.8 Å². The van der Waals surface area contributed by atoms with E-state index in [0.717, 1.165) is 13.1 Å². The molecule has 0 aromatic heterocycles. The molecular weight excluding hydrogens is 174 g/mol. The largest absolute Gasteiger partial charge is 0.329 e. The average molecular weight is 199 g/mol. The fraction of sp³-hybridized carbons (Fsp3) is 1.00. The number of nitrogens with zero attached hydrogens (tertiary/aromatic N) is 1. The van der Waals surface area contributed by atoms with Crippen molar-refractivity contribution in [2.75, 3.05) is 20.1 Å². The number of likely N-dealkylation sites (N-methyl/N-ethyl adjacent to an activating group) is 1. The maximum absolute atomic E-state index is 5.91. The minimum atomic E-state index is 0.156. The Kier molecular flexibility index (Phi) is 3.93. The van der Waals surface area contributed by atoms with Crippen LogP contribution in [-0.4, -0.2) is 42.7 Å². The number of rotatable bonds is 4. The summed E-state index contributed by atoms with van der Waals surface area (Å²) in [5.74, 6) is 0. The first-order valence-corrected chi connectivity index (χ1v) is 5.71. The molecule has 0 amide bonds. The Morgan fingerprint density at radius 2 is 2.29 bits per heavy atom. The molecule has 0 aromatic carbocycles. The van der Waals surface area contributed by atoms with E-state index in [2.05, 4.69) is 38.0 Å². The summed E-state index contributed by atoms with van der Waals surface area (Å²) in [6.07, 6.45) is 2.34. The molecule has 3 nitrogen and oxygen atoms in total. The van der Waals surface area contributed by atoms with Crippen molar-refractivity contribution in [3.8, 4) is 0 Å². The van der Waals surface area contributed by atoms with Crippen LogP contribution in [0.2, 0.25) is 0 Å². The van der Waals surface area contributed by atoms with E-state index in [4.69, 9.17) is 5.73 Å². The third-order valence-corrected chi connectivity index (χ3v) is 3.55.